The smallest absolute Gasteiger partial charge is 0.278 e. The number of hydrogen-bond acceptors (Lipinski definition) is 9. The fourth-order valence-electron chi connectivity index (χ4n) is 2.46. The number of rotatable bonds is 9. The topological polar surface area (TPSA) is 164 Å². The summed E-state index contributed by atoms with van der Waals surface area (Å²) in [4.78, 5) is 25.4. The number of benzene rings is 1. The van der Waals surface area contributed by atoms with Crippen LogP contribution in [0.5, 0.6) is 0 Å². The summed E-state index contributed by atoms with van der Waals surface area (Å²) in [5, 5.41) is 29.4. The second kappa shape index (κ2) is 9.32. The number of aliphatic hydroxyl groups excluding tert-OH is 1. The molecule has 10 nitrogen and oxygen atoms in total. The van der Waals surface area contributed by atoms with Gasteiger partial charge >= 0.3 is 0 Å². The monoisotopic (exact) mass is 387 g/mol. The molecule has 0 fully saturated rings. The van der Waals surface area contributed by atoms with Crippen LogP contribution in [0.25, 0.3) is 0 Å². The zero-order chi connectivity index (χ0) is 20.6. The number of hydroxylamine groups is 1. The van der Waals surface area contributed by atoms with Crippen LogP contribution in [-0.4, -0.2) is 51.4 Å². The molecule has 1 aromatic heterocycles. The van der Waals surface area contributed by atoms with Gasteiger partial charge in [0.1, 0.15) is 11.9 Å². The lowest BCUT2D eigenvalue weighted by atomic mass is 9.87. The summed E-state index contributed by atoms with van der Waals surface area (Å²) >= 11 is 0. The van der Waals surface area contributed by atoms with Crippen molar-refractivity contribution in [1.29, 1.82) is 5.26 Å². The summed E-state index contributed by atoms with van der Waals surface area (Å²) < 4.78 is 5.65. The molecule has 1 aromatic carbocycles. The van der Waals surface area contributed by atoms with Gasteiger partial charge in [-0.15, -0.1) is 0 Å². The minimum Gasteiger partial charge on any atom is -0.394 e. The van der Waals surface area contributed by atoms with Crippen LogP contribution in [0.4, 0.5) is 0 Å². The third-order valence-corrected chi connectivity index (χ3v) is 3.99. The number of carbonyl (C=O) groups excluding carboxylic acids is 1. The molecule has 0 spiro atoms. The van der Waals surface area contributed by atoms with E-state index in [1.54, 1.807) is 18.2 Å². The average Bonchev–Trinajstić information content (AvgIpc) is 2.74. The molecular formula is C18H21N5O5. The minimum absolute atomic E-state index is 0.108. The molecule has 0 aliphatic rings. The maximum absolute atomic E-state index is 12.3. The van der Waals surface area contributed by atoms with Crippen molar-refractivity contribution in [2.75, 3.05) is 19.8 Å². The Labute approximate surface area is 161 Å². The third-order valence-electron chi connectivity index (χ3n) is 3.99. The van der Waals surface area contributed by atoms with Crippen LogP contribution in [0.3, 0.4) is 0 Å². The fourth-order valence-corrected chi connectivity index (χ4v) is 2.46. The molecule has 0 radical (unpaired) electrons. The van der Waals surface area contributed by atoms with E-state index in [9.17, 15) is 20.3 Å². The Bertz CT molecular complexity index is 840. The largest absolute Gasteiger partial charge is 0.394 e. The Morgan fingerprint density at radius 2 is 2.11 bits per heavy atom. The van der Waals surface area contributed by atoms with Gasteiger partial charge in [0.05, 0.1) is 30.4 Å². The summed E-state index contributed by atoms with van der Waals surface area (Å²) in [7, 11) is 0. The van der Waals surface area contributed by atoms with Crippen molar-refractivity contribution in [2.45, 2.75) is 18.3 Å². The van der Waals surface area contributed by atoms with Gasteiger partial charge in [-0.05, 0) is 19.1 Å². The molecule has 0 saturated carbocycles. The van der Waals surface area contributed by atoms with E-state index in [1.807, 2.05) is 6.07 Å². The van der Waals surface area contributed by atoms with Gasteiger partial charge in [-0.1, -0.05) is 12.1 Å². The molecule has 0 aliphatic carbocycles. The number of aromatic nitrogens is 2. The normalized spacial score (nSPS) is 15.1. The summed E-state index contributed by atoms with van der Waals surface area (Å²) in [5.41, 5.74) is 6.67. The quantitative estimate of drug-likeness (QED) is 0.330. The number of nitrogens with two attached hydrogens (primary N) is 1. The van der Waals surface area contributed by atoms with Crippen molar-refractivity contribution in [3.8, 4) is 6.07 Å². The highest BCUT2D eigenvalue weighted by atomic mass is 16.8. The average molecular weight is 387 g/mol. The van der Waals surface area contributed by atoms with Gasteiger partial charge in [0, 0.05) is 24.5 Å². The molecule has 0 bridgehead atoms. The molecule has 2 atom stereocenters. The predicted octanol–water partition coefficient (Wildman–Crippen LogP) is -0.419. The highest BCUT2D eigenvalue weighted by molar-refractivity contribution is 5.92. The van der Waals surface area contributed by atoms with Crippen molar-refractivity contribution >= 4 is 5.91 Å². The molecule has 5 N–H and O–H groups in total. The fraction of sp³-hybridized carbons (Fsp3) is 0.333. The lowest BCUT2D eigenvalue weighted by Gasteiger charge is -2.43. The van der Waals surface area contributed by atoms with Crippen molar-refractivity contribution in [2.24, 2.45) is 5.73 Å². The van der Waals surface area contributed by atoms with E-state index >= 15 is 0 Å². The van der Waals surface area contributed by atoms with E-state index in [-0.39, 0.29) is 36.4 Å². The Kier molecular flexibility index (Phi) is 7.11. The molecule has 0 saturated heterocycles. The van der Waals surface area contributed by atoms with E-state index in [4.69, 9.17) is 15.3 Å². The standard InChI is InChI=1S/C18H21N5O5/c1-17(26,11-20)18(27-6-5-24,15-4-2-3-13(7-15)8-19)28-23-16(25)14-9-21-12-22-10-14/h2-4,7,9-10,12,24,26H,5-6,11,20H2,1H3,(H,23,25). The van der Waals surface area contributed by atoms with Crippen molar-refractivity contribution in [3.63, 3.8) is 0 Å². The zero-order valence-corrected chi connectivity index (χ0v) is 15.2. The molecule has 2 aromatic rings. The van der Waals surface area contributed by atoms with Gasteiger partial charge in [0.15, 0.2) is 0 Å². The maximum Gasteiger partial charge on any atom is 0.278 e. The van der Waals surface area contributed by atoms with E-state index < -0.39 is 17.3 Å². The zero-order valence-electron chi connectivity index (χ0n) is 15.2. The summed E-state index contributed by atoms with van der Waals surface area (Å²) in [6.45, 7) is 0.405. The predicted molar refractivity (Wildman–Crippen MR) is 96.1 cm³/mol. The van der Waals surface area contributed by atoms with Gasteiger partial charge in [-0.2, -0.15) is 5.26 Å². The number of carbonyl (C=O) groups is 1. The van der Waals surface area contributed by atoms with Crippen molar-refractivity contribution in [1.82, 2.24) is 15.4 Å². The lowest BCUT2D eigenvalue weighted by molar-refractivity contribution is -0.342. The highest BCUT2D eigenvalue weighted by Crippen LogP contribution is 2.37. The Balaban J connectivity index is 2.46. The number of amides is 1. The molecule has 2 unspecified atom stereocenters. The first kappa shape index (κ1) is 21.4. The van der Waals surface area contributed by atoms with Crippen LogP contribution in [0.15, 0.2) is 43.0 Å². The first-order valence-corrected chi connectivity index (χ1v) is 8.31. The van der Waals surface area contributed by atoms with Gasteiger partial charge in [-0.25, -0.2) is 20.3 Å². The van der Waals surface area contributed by atoms with Crippen molar-refractivity contribution in [3.05, 3.63) is 59.7 Å². The van der Waals surface area contributed by atoms with Crippen LogP contribution in [0.2, 0.25) is 0 Å². The van der Waals surface area contributed by atoms with Crippen LogP contribution in [0.1, 0.15) is 28.4 Å². The van der Waals surface area contributed by atoms with Crippen LogP contribution in [-0.2, 0) is 15.4 Å². The molecule has 1 heterocycles. The van der Waals surface area contributed by atoms with Gasteiger partial charge in [0.25, 0.3) is 5.91 Å². The SMILES string of the molecule is CC(O)(CN)C(OCCO)(ONC(=O)c1cncnc1)c1cccc(C#N)c1. The number of aliphatic hydroxyl groups is 2. The molecular weight excluding hydrogens is 366 g/mol. The van der Waals surface area contributed by atoms with E-state index in [0.717, 1.165) is 0 Å². The lowest BCUT2D eigenvalue weighted by Crippen LogP contribution is -2.60. The first-order valence-electron chi connectivity index (χ1n) is 8.31. The molecule has 148 valence electrons. The second-order valence-corrected chi connectivity index (χ2v) is 6.02. The van der Waals surface area contributed by atoms with Gasteiger partial charge in [0.2, 0.25) is 5.79 Å². The maximum atomic E-state index is 12.3. The molecule has 1 amide bonds. The number of hydrogen-bond donors (Lipinski definition) is 4. The number of nitrogens with one attached hydrogen (secondary N) is 1. The van der Waals surface area contributed by atoms with E-state index in [1.165, 1.54) is 31.7 Å². The highest BCUT2D eigenvalue weighted by Gasteiger charge is 2.52. The van der Waals surface area contributed by atoms with Gasteiger partial charge < -0.3 is 20.7 Å². The summed E-state index contributed by atoms with van der Waals surface area (Å²) in [6, 6.07) is 8.07. The first-order chi connectivity index (χ1) is 13.4. The second-order valence-electron chi connectivity index (χ2n) is 6.02. The van der Waals surface area contributed by atoms with Crippen LogP contribution >= 0.6 is 0 Å². The van der Waals surface area contributed by atoms with E-state index in [2.05, 4.69) is 15.4 Å². The Morgan fingerprint density at radius 1 is 1.39 bits per heavy atom. The number of ether oxygens (including phenoxy) is 1. The molecule has 0 aliphatic heterocycles. The molecule has 10 heteroatoms. The van der Waals surface area contributed by atoms with Crippen LogP contribution < -0.4 is 11.2 Å². The van der Waals surface area contributed by atoms with Crippen LogP contribution in [0, 0.1) is 11.3 Å². The van der Waals surface area contributed by atoms with Crippen molar-refractivity contribution < 1.29 is 24.6 Å². The third kappa shape index (κ3) is 4.48. The minimum atomic E-state index is -2.01. The van der Waals surface area contributed by atoms with E-state index in [0.29, 0.717) is 0 Å². The van der Waals surface area contributed by atoms with Gasteiger partial charge in [-0.3, -0.25) is 4.79 Å². The molecule has 28 heavy (non-hydrogen) atoms. The number of nitrogens with zero attached hydrogens (tertiary/aromatic N) is 3. The molecule has 2 rings (SSSR count). The Morgan fingerprint density at radius 3 is 2.71 bits per heavy atom. The number of nitriles is 1. The summed E-state index contributed by atoms with van der Waals surface area (Å²) in [6.07, 6.45) is 3.82. The summed E-state index contributed by atoms with van der Waals surface area (Å²) in [5.74, 6) is -2.70. The Hall–Kier alpha value is -2.94.